The zero-order valence-electron chi connectivity index (χ0n) is 14.6. The molecule has 0 unspecified atom stereocenters. The maximum absolute atomic E-state index is 5.87. The van der Waals surface area contributed by atoms with Crippen molar-refractivity contribution < 1.29 is 4.74 Å². The van der Waals surface area contributed by atoms with E-state index in [4.69, 9.17) is 4.74 Å². The Kier molecular flexibility index (Phi) is 5.47. The number of hydrogen-bond acceptors (Lipinski definition) is 3. The number of nitrogens with zero attached hydrogens (tertiary/aromatic N) is 1. The van der Waals surface area contributed by atoms with Gasteiger partial charge in [0, 0.05) is 0 Å². The summed E-state index contributed by atoms with van der Waals surface area (Å²) in [7, 11) is 0. The number of anilines is 1. The van der Waals surface area contributed by atoms with Crippen LogP contribution in [0.25, 0.3) is 0 Å². The molecule has 3 aromatic rings. The number of hydrogen-bond donors (Lipinski definition) is 1. The predicted molar refractivity (Wildman–Crippen MR) is 104 cm³/mol. The lowest BCUT2D eigenvalue weighted by atomic mass is 10.2. The molecule has 3 aromatic carbocycles. The van der Waals surface area contributed by atoms with E-state index in [9.17, 15) is 0 Å². The minimum Gasteiger partial charge on any atom is -0.489 e. The zero-order chi connectivity index (χ0) is 17.5. The Balaban J connectivity index is 1.58. The number of nitrogens with one attached hydrogen (secondary N) is 1. The van der Waals surface area contributed by atoms with Crippen LogP contribution in [-0.4, -0.2) is 6.21 Å². The Labute approximate surface area is 149 Å². The van der Waals surface area contributed by atoms with Crippen molar-refractivity contribution in [2.45, 2.75) is 20.5 Å². The van der Waals surface area contributed by atoms with Gasteiger partial charge in [0.2, 0.25) is 0 Å². The highest BCUT2D eigenvalue weighted by atomic mass is 16.5. The average Bonchev–Trinajstić information content (AvgIpc) is 2.63. The van der Waals surface area contributed by atoms with Crippen LogP contribution in [0.4, 0.5) is 5.69 Å². The zero-order valence-corrected chi connectivity index (χ0v) is 14.6. The lowest BCUT2D eigenvalue weighted by Crippen LogP contribution is -1.96. The fourth-order valence-electron chi connectivity index (χ4n) is 2.35. The van der Waals surface area contributed by atoms with E-state index in [0.29, 0.717) is 6.61 Å². The van der Waals surface area contributed by atoms with Crippen LogP contribution in [-0.2, 0) is 6.61 Å². The van der Waals surface area contributed by atoms with Crippen molar-refractivity contribution in [3.8, 4) is 5.75 Å². The Bertz CT molecular complexity index is 837. The van der Waals surface area contributed by atoms with Crippen molar-refractivity contribution in [3.63, 3.8) is 0 Å². The normalized spacial score (nSPS) is 10.8. The number of benzene rings is 3. The third-order valence-corrected chi connectivity index (χ3v) is 3.84. The number of aryl methyl sites for hydroxylation is 2. The molecule has 0 saturated carbocycles. The first-order valence-corrected chi connectivity index (χ1v) is 8.33. The summed E-state index contributed by atoms with van der Waals surface area (Å²) in [6.07, 6.45) is 1.79. The first kappa shape index (κ1) is 16.8. The first-order chi connectivity index (χ1) is 12.2. The van der Waals surface area contributed by atoms with Crippen molar-refractivity contribution >= 4 is 11.9 Å². The van der Waals surface area contributed by atoms with Gasteiger partial charge in [0.05, 0.1) is 11.9 Å². The smallest absolute Gasteiger partial charge is 0.120 e. The number of rotatable bonds is 6. The molecule has 126 valence electrons. The summed E-state index contributed by atoms with van der Waals surface area (Å²) < 4.78 is 5.87. The van der Waals surface area contributed by atoms with E-state index in [1.54, 1.807) is 6.21 Å². The Morgan fingerprint density at radius 2 is 1.56 bits per heavy atom. The van der Waals surface area contributed by atoms with E-state index in [1.807, 2.05) is 36.4 Å². The van der Waals surface area contributed by atoms with Gasteiger partial charge in [-0.3, -0.25) is 5.43 Å². The molecule has 0 amide bonds. The van der Waals surface area contributed by atoms with Gasteiger partial charge < -0.3 is 4.74 Å². The second-order valence-corrected chi connectivity index (χ2v) is 6.08. The summed E-state index contributed by atoms with van der Waals surface area (Å²) in [5.74, 6) is 0.833. The third kappa shape index (κ3) is 5.21. The molecule has 0 aliphatic carbocycles. The van der Waals surface area contributed by atoms with Crippen molar-refractivity contribution in [1.29, 1.82) is 0 Å². The molecule has 0 atom stereocenters. The minimum absolute atomic E-state index is 0.558. The molecule has 0 aliphatic rings. The molecule has 3 heteroatoms. The van der Waals surface area contributed by atoms with Crippen LogP contribution < -0.4 is 10.2 Å². The fraction of sp³-hybridized carbons (Fsp3) is 0.136. The van der Waals surface area contributed by atoms with Crippen molar-refractivity contribution in [1.82, 2.24) is 0 Å². The van der Waals surface area contributed by atoms with Crippen LogP contribution in [0.5, 0.6) is 5.75 Å². The average molecular weight is 330 g/mol. The van der Waals surface area contributed by atoms with E-state index >= 15 is 0 Å². The van der Waals surface area contributed by atoms with E-state index in [2.05, 4.69) is 60.8 Å². The van der Waals surface area contributed by atoms with E-state index in [1.165, 1.54) is 11.1 Å². The Morgan fingerprint density at radius 1 is 0.880 bits per heavy atom. The second-order valence-electron chi connectivity index (χ2n) is 6.08. The molecule has 0 saturated heterocycles. The third-order valence-electron chi connectivity index (χ3n) is 3.84. The van der Waals surface area contributed by atoms with Crippen LogP contribution in [0.3, 0.4) is 0 Å². The molecule has 0 heterocycles. The van der Waals surface area contributed by atoms with Gasteiger partial charge in [-0.15, -0.1) is 0 Å². The summed E-state index contributed by atoms with van der Waals surface area (Å²) in [5, 5.41) is 4.28. The molecule has 3 nitrogen and oxygen atoms in total. The van der Waals surface area contributed by atoms with Crippen LogP contribution in [0.1, 0.15) is 22.3 Å². The number of ether oxygens (including phenoxy) is 1. The quantitative estimate of drug-likeness (QED) is 0.489. The fourth-order valence-corrected chi connectivity index (χ4v) is 2.35. The first-order valence-electron chi connectivity index (χ1n) is 8.33. The molecule has 1 N–H and O–H groups in total. The molecular weight excluding hydrogens is 308 g/mol. The molecule has 25 heavy (non-hydrogen) atoms. The Morgan fingerprint density at radius 3 is 2.28 bits per heavy atom. The topological polar surface area (TPSA) is 33.6 Å². The monoisotopic (exact) mass is 330 g/mol. The van der Waals surface area contributed by atoms with Gasteiger partial charge in [-0.1, -0.05) is 59.7 Å². The maximum atomic E-state index is 5.87. The summed E-state index contributed by atoms with van der Waals surface area (Å²) in [5.41, 5.74) is 8.63. The molecule has 0 fully saturated rings. The van der Waals surface area contributed by atoms with Gasteiger partial charge in [-0.05, 0) is 49.2 Å². The van der Waals surface area contributed by atoms with Crippen LogP contribution in [0, 0.1) is 13.8 Å². The van der Waals surface area contributed by atoms with Gasteiger partial charge in [0.15, 0.2) is 0 Å². The van der Waals surface area contributed by atoms with Crippen molar-refractivity contribution in [3.05, 3.63) is 95.1 Å². The molecular formula is C22H22N2O. The molecule has 0 bridgehead atoms. The summed E-state index contributed by atoms with van der Waals surface area (Å²) in [6.45, 7) is 4.70. The number of hydrazone groups is 1. The molecule has 3 rings (SSSR count). The van der Waals surface area contributed by atoms with Gasteiger partial charge in [0.25, 0.3) is 0 Å². The summed E-state index contributed by atoms with van der Waals surface area (Å²) in [4.78, 5) is 0. The van der Waals surface area contributed by atoms with E-state index in [-0.39, 0.29) is 0 Å². The van der Waals surface area contributed by atoms with Gasteiger partial charge in [-0.25, -0.2) is 0 Å². The highest BCUT2D eigenvalue weighted by molar-refractivity contribution is 5.80. The lowest BCUT2D eigenvalue weighted by Gasteiger charge is -2.07. The van der Waals surface area contributed by atoms with Crippen molar-refractivity contribution in [2.75, 3.05) is 5.43 Å². The highest BCUT2D eigenvalue weighted by Gasteiger charge is 1.97. The van der Waals surface area contributed by atoms with E-state index in [0.717, 1.165) is 22.6 Å². The van der Waals surface area contributed by atoms with Crippen LogP contribution in [0.15, 0.2) is 77.9 Å². The SMILES string of the molecule is Cc1ccc(COc2cccc(C=NNc3ccc(C)cc3)c2)cc1. The van der Waals surface area contributed by atoms with Gasteiger partial charge >= 0.3 is 0 Å². The molecule has 0 radical (unpaired) electrons. The standard InChI is InChI=1S/C22H22N2O/c1-17-6-10-19(11-7-17)16-25-22-5-3-4-20(14-22)15-23-24-21-12-8-18(2)9-13-21/h3-15,24H,16H2,1-2H3. The molecule has 0 spiro atoms. The summed E-state index contributed by atoms with van der Waals surface area (Å²) in [6, 6.07) is 24.4. The summed E-state index contributed by atoms with van der Waals surface area (Å²) >= 11 is 0. The molecule has 0 aliphatic heterocycles. The van der Waals surface area contributed by atoms with Gasteiger partial charge in [0.1, 0.15) is 12.4 Å². The predicted octanol–water partition coefficient (Wildman–Crippen LogP) is 5.33. The van der Waals surface area contributed by atoms with Crippen LogP contribution >= 0.6 is 0 Å². The minimum atomic E-state index is 0.558. The lowest BCUT2D eigenvalue weighted by molar-refractivity contribution is 0.306. The maximum Gasteiger partial charge on any atom is 0.120 e. The van der Waals surface area contributed by atoms with Crippen molar-refractivity contribution in [2.24, 2.45) is 5.10 Å². The largest absolute Gasteiger partial charge is 0.489 e. The highest BCUT2D eigenvalue weighted by Crippen LogP contribution is 2.15. The van der Waals surface area contributed by atoms with Crippen LogP contribution in [0.2, 0.25) is 0 Å². The Hall–Kier alpha value is -3.07. The van der Waals surface area contributed by atoms with Gasteiger partial charge in [-0.2, -0.15) is 5.10 Å². The second kappa shape index (κ2) is 8.15. The molecule has 0 aromatic heterocycles. The van der Waals surface area contributed by atoms with E-state index < -0.39 is 0 Å².